The molecule has 4 heteroatoms. The maximum atomic E-state index is 8.95. The van der Waals surface area contributed by atoms with Crippen LogP contribution in [0.15, 0.2) is 30.5 Å². The van der Waals surface area contributed by atoms with E-state index < -0.39 is 0 Å². The summed E-state index contributed by atoms with van der Waals surface area (Å²) in [5.74, 6) is 0.598. The summed E-state index contributed by atoms with van der Waals surface area (Å²) >= 11 is 0. The van der Waals surface area contributed by atoms with Crippen LogP contribution in [0.2, 0.25) is 0 Å². The van der Waals surface area contributed by atoms with Crippen molar-refractivity contribution < 1.29 is 9.84 Å². The number of aliphatic hydroxyl groups is 1. The molecular weight excluding hydrogens is 216 g/mol. The first-order valence-corrected chi connectivity index (χ1v) is 5.56. The minimum absolute atomic E-state index is 0.0710. The molecule has 0 saturated carbocycles. The topological polar surface area (TPSA) is 68.4 Å². The molecule has 2 rings (SSSR count). The maximum absolute atomic E-state index is 8.95. The van der Waals surface area contributed by atoms with Gasteiger partial charge in [0, 0.05) is 24.2 Å². The van der Waals surface area contributed by atoms with Gasteiger partial charge >= 0.3 is 0 Å². The Morgan fingerprint density at radius 2 is 2.06 bits per heavy atom. The molecule has 90 valence electrons. The van der Waals surface area contributed by atoms with E-state index in [1.54, 1.807) is 13.3 Å². The number of hydrogen-bond acceptors (Lipinski definition) is 4. The Kier molecular flexibility index (Phi) is 3.56. The van der Waals surface area contributed by atoms with E-state index in [-0.39, 0.29) is 12.6 Å². The lowest BCUT2D eigenvalue weighted by Crippen LogP contribution is -2.13. The summed E-state index contributed by atoms with van der Waals surface area (Å²) in [6, 6.07) is 7.64. The Morgan fingerprint density at radius 3 is 2.71 bits per heavy atom. The number of aromatic nitrogens is 1. The standard InChI is InChI=1S/C13H16N2O2/c1-17-13-10-5-3-2-4-9(10)11(8-15-13)12(14)6-7-16/h2-5,8,12,16H,6-7,14H2,1H3. The van der Waals surface area contributed by atoms with Gasteiger partial charge in [-0.2, -0.15) is 0 Å². The van der Waals surface area contributed by atoms with Gasteiger partial charge in [-0.05, 0) is 23.4 Å². The lowest BCUT2D eigenvalue weighted by atomic mass is 10.00. The number of rotatable bonds is 4. The molecule has 0 aliphatic carbocycles. The van der Waals surface area contributed by atoms with Crippen molar-refractivity contribution in [3.8, 4) is 5.88 Å². The molecule has 0 spiro atoms. The van der Waals surface area contributed by atoms with Crippen molar-refractivity contribution in [2.24, 2.45) is 5.73 Å². The summed E-state index contributed by atoms with van der Waals surface area (Å²) in [5, 5.41) is 10.9. The van der Waals surface area contributed by atoms with Crippen molar-refractivity contribution in [3.63, 3.8) is 0 Å². The molecule has 0 fully saturated rings. The second-order valence-electron chi connectivity index (χ2n) is 3.89. The third kappa shape index (κ3) is 2.23. The van der Waals surface area contributed by atoms with Crippen LogP contribution in [0.3, 0.4) is 0 Å². The van der Waals surface area contributed by atoms with E-state index in [4.69, 9.17) is 15.6 Å². The van der Waals surface area contributed by atoms with Gasteiger partial charge in [-0.3, -0.25) is 0 Å². The van der Waals surface area contributed by atoms with Gasteiger partial charge in [0.25, 0.3) is 0 Å². The minimum atomic E-state index is -0.205. The Labute approximate surface area is 100 Å². The second kappa shape index (κ2) is 5.12. The minimum Gasteiger partial charge on any atom is -0.481 e. The Bertz CT molecular complexity index is 514. The molecule has 17 heavy (non-hydrogen) atoms. The fourth-order valence-electron chi connectivity index (χ4n) is 1.94. The summed E-state index contributed by atoms with van der Waals surface area (Å²) < 4.78 is 5.22. The van der Waals surface area contributed by atoms with E-state index in [0.29, 0.717) is 12.3 Å². The van der Waals surface area contributed by atoms with Crippen LogP contribution >= 0.6 is 0 Å². The normalized spacial score (nSPS) is 12.6. The number of aliphatic hydroxyl groups excluding tert-OH is 1. The van der Waals surface area contributed by atoms with Gasteiger partial charge in [0.15, 0.2) is 0 Å². The monoisotopic (exact) mass is 232 g/mol. The highest BCUT2D eigenvalue weighted by atomic mass is 16.5. The zero-order valence-corrected chi connectivity index (χ0v) is 9.76. The summed E-state index contributed by atoms with van der Waals surface area (Å²) in [5.41, 5.74) is 6.96. The molecule has 0 saturated heterocycles. The van der Waals surface area contributed by atoms with Crippen molar-refractivity contribution in [2.45, 2.75) is 12.5 Å². The summed E-state index contributed by atoms with van der Waals surface area (Å²) in [6.45, 7) is 0.0710. The molecule has 4 nitrogen and oxygen atoms in total. The number of pyridine rings is 1. The number of ether oxygens (including phenoxy) is 1. The predicted octanol–water partition coefficient (Wildman–Crippen LogP) is 1.63. The largest absolute Gasteiger partial charge is 0.481 e. The molecule has 0 aliphatic rings. The number of nitrogens with zero attached hydrogens (tertiary/aromatic N) is 1. The number of nitrogens with two attached hydrogens (primary N) is 1. The number of methoxy groups -OCH3 is 1. The van der Waals surface area contributed by atoms with Gasteiger partial charge in [0.2, 0.25) is 5.88 Å². The van der Waals surface area contributed by atoms with Crippen LogP contribution in [0, 0.1) is 0 Å². The second-order valence-corrected chi connectivity index (χ2v) is 3.89. The van der Waals surface area contributed by atoms with Crippen molar-refractivity contribution in [3.05, 3.63) is 36.0 Å². The van der Waals surface area contributed by atoms with E-state index in [0.717, 1.165) is 16.3 Å². The molecule has 0 bridgehead atoms. The van der Waals surface area contributed by atoms with Crippen LogP contribution in [0.25, 0.3) is 10.8 Å². The van der Waals surface area contributed by atoms with Crippen LogP contribution in [0.4, 0.5) is 0 Å². The predicted molar refractivity (Wildman–Crippen MR) is 66.9 cm³/mol. The van der Waals surface area contributed by atoms with Crippen LogP contribution in [-0.2, 0) is 0 Å². The van der Waals surface area contributed by atoms with Crippen LogP contribution in [0.5, 0.6) is 5.88 Å². The molecule has 1 atom stereocenters. The van der Waals surface area contributed by atoms with Crippen molar-refractivity contribution >= 4 is 10.8 Å². The maximum Gasteiger partial charge on any atom is 0.221 e. The van der Waals surface area contributed by atoms with E-state index in [2.05, 4.69) is 4.98 Å². The quantitative estimate of drug-likeness (QED) is 0.840. The van der Waals surface area contributed by atoms with Crippen LogP contribution < -0.4 is 10.5 Å². The van der Waals surface area contributed by atoms with Crippen molar-refractivity contribution in [1.29, 1.82) is 0 Å². The summed E-state index contributed by atoms with van der Waals surface area (Å²) in [6.07, 6.45) is 2.25. The number of fused-ring (bicyclic) bond motifs is 1. The van der Waals surface area contributed by atoms with Gasteiger partial charge in [-0.15, -0.1) is 0 Å². The molecule has 1 aromatic carbocycles. The molecule has 0 aliphatic heterocycles. The smallest absolute Gasteiger partial charge is 0.221 e. The lowest BCUT2D eigenvalue weighted by Gasteiger charge is -2.14. The zero-order valence-electron chi connectivity index (χ0n) is 9.76. The zero-order chi connectivity index (χ0) is 12.3. The highest BCUT2D eigenvalue weighted by Crippen LogP contribution is 2.29. The molecule has 0 radical (unpaired) electrons. The van der Waals surface area contributed by atoms with E-state index >= 15 is 0 Å². The van der Waals surface area contributed by atoms with E-state index in [1.165, 1.54) is 0 Å². The Hall–Kier alpha value is -1.65. The highest BCUT2D eigenvalue weighted by Gasteiger charge is 2.12. The Balaban J connectivity index is 2.58. The molecule has 0 amide bonds. The van der Waals surface area contributed by atoms with Gasteiger partial charge in [-0.25, -0.2) is 4.98 Å². The van der Waals surface area contributed by atoms with E-state index in [1.807, 2.05) is 24.3 Å². The average Bonchev–Trinajstić information content (AvgIpc) is 2.37. The van der Waals surface area contributed by atoms with Gasteiger partial charge in [0.1, 0.15) is 0 Å². The highest BCUT2D eigenvalue weighted by molar-refractivity contribution is 5.89. The lowest BCUT2D eigenvalue weighted by molar-refractivity contribution is 0.277. The number of benzene rings is 1. The van der Waals surface area contributed by atoms with E-state index in [9.17, 15) is 0 Å². The van der Waals surface area contributed by atoms with Crippen LogP contribution in [0.1, 0.15) is 18.0 Å². The van der Waals surface area contributed by atoms with Crippen molar-refractivity contribution in [1.82, 2.24) is 4.98 Å². The van der Waals surface area contributed by atoms with Crippen molar-refractivity contribution in [2.75, 3.05) is 13.7 Å². The first kappa shape index (κ1) is 11.8. The fourth-order valence-corrected chi connectivity index (χ4v) is 1.94. The molecular formula is C13H16N2O2. The summed E-state index contributed by atoms with van der Waals surface area (Å²) in [7, 11) is 1.60. The number of hydrogen-bond donors (Lipinski definition) is 2. The fraction of sp³-hybridized carbons (Fsp3) is 0.308. The summed E-state index contributed by atoms with van der Waals surface area (Å²) in [4.78, 5) is 4.24. The Morgan fingerprint density at radius 1 is 1.35 bits per heavy atom. The molecule has 3 N–H and O–H groups in total. The average molecular weight is 232 g/mol. The first-order chi connectivity index (χ1) is 8.27. The van der Waals surface area contributed by atoms with Gasteiger partial charge in [-0.1, -0.05) is 18.2 Å². The molecule has 1 unspecified atom stereocenters. The molecule has 1 heterocycles. The third-order valence-electron chi connectivity index (χ3n) is 2.82. The molecule has 1 aromatic heterocycles. The van der Waals surface area contributed by atoms with Crippen LogP contribution in [-0.4, -0.2) is 23.8 Å². The third-order valence-corrected chi connectivity index (χ3v) is 2.82. The molecule has 2 aromatic rings. The van der Waals surface area contributed by atoms with Gasteiger partial charge < -0.3 is 15.6 Å². The SMILES string of the molecule is COc1ncc(C(N)CCO)c2ccccc12. The van der Waals surface area contributed by atoms with Gasteiger partial charge in [0.05, 0.1) is 7.11 Å². The first-order valence-electron chi connectivity index (χ1n) is 5.56.